The van der Waals surface area contributed by atoms with Gasteiger partial charge in [-0.1, -0.05) is 54.6 Å². The molecular formula is C17H14N2O. The first kappa shape index (κ1) is 11.4. The number of nitrogens with one attached hydrogen (secondary N) is 1. The first-order valence-corrected chi connectivity index (χ1v) is 6.79. The Morgan fingerprint density at radius 1 is 1.05 bits per heavy atom. The maximum atomic E-state index is 12.9. The first-order valence-electron chi connectivity index (χ1n) is 6.79. The third kappa shape index (κ3) is 1.40. The van der Waals surface area contributed by atoms with Crippen LogP contribution >= 0.6 is 0 Å². The van der Waals surface area contributed by atoms with Crippen LogP contribution in [0, 0.1) is 0 Å². The van der Waals surface area contributed by atoms with Crippen molar-refractivity contribution >= 4 is 12.0 Å². The molecule has 1 aliphatic carbocycles. The molecule has 0 amide bonds. The van der Waals surface area contributed by atoms with Crippen LogP contribution in [0.25, 0.3) is 0 Å². The zero-order valence-electron chi connectivity index (χ0n) is 10.9. The van der Waals surface area contributed by atoms with E-state index < -0.39 is 5.54 Å². The summed E-state index contributed by atoms with van der Waals surface area (Å²) in [4.78, 5) is 12.9. The normalized spacial score (nSPS) is 26.8. The van der Waals surface area contributed by atoms with Gasteiger partial charge in [-0.05, 0) is 11.1 Å². The fourth-order valence-electron chi connectivity index (χ4n) is 3.31. The molecule has 4 rings (SSSR count). The summed E-state index contributed by atoms with van der Waals surface area (Å²) in [5.41, 5.74) is 5.52. The smallest absolute Gasteiger partial charge is 0.191 e. The van der Waals surface area contributed by atoms with E-state index in [-0.39, 0.29) is 11.7 Å². The van der Waals surface area contributed by atoms with E-state index in [9.17, 15) is 4.79 Å². The van der Waals surface area contributed by atoms with Gasteiger partial charge in [-0.3, -0.25) is 10.2 Å². The first-order chi connectivity index (χ1) is 9.81. The van der Waals surface area contributed by atoms with Gasteiger partial charge < -0.3 is 0 Å². The lowest BCUT2D eigenvalue weighted by molar-refractivity contribution is 0.0875. The number of ketones is 1. The molecule has 0 fully saturated rings. The zero-order valence-corrected chi connectivity index (χ0v) is 10.9. The predicted octanol–water partition coefficient (Wildman–Crippen LogP) is 2.54. The van der Waals surface area contributed by atoms with Crippen LogP contribution in [0.5, 0.6) is 0 Å². The van der Waals surface area contributed by atoms with Crippen LogP contribution in [0.4, 0.5) is 0 Å². The van der Waals surface area contributed by atoms with Crippen molar-refractivity contribution in [3.05, 3.63) is 71.3 Å². The fraction of sp³-hybridized carbons (Fsp3) is 0.176. The molecule has 1 spiro atoms. The maximum absolute atomic E-state index is 12.9. The highest BCUT2D eigenvalue weighted by molar-refractivity contribution is 6.11. The monoisotopic (exact) mass is 262 g/mol. The van der Waals surface area contributed by atoms with Crippen LogP contribution in [0.15, 0.2) is 59.7 Å². The van der Waals surface area contributed by atoms with Crippen molar-refractivity contribution in [1.82, 2.24) is 5.43 Å². The van der Waals surface area contributed by atoms with Crippen molar-refractivity contribution in [2.24, 2.45) is 5.10 Å². The lowest BCUT2D eigenvalue weighted by Gasteiger charge is -2.28. The molecule has 2 aromatic carbocycles. The van der Waals surface area contributed by atoms with Crippen molar-refractivity contribution in [3.8, 4) is 0 Å². The highest BCUT2D eigenvalue weighted by Crippen LogP contribution is 2.41. The second kappa shape index (κ2) is 4.04. The summed E-state index contributed by atoms with van der Waals surface area (Å²) < 4.78 is 0. The maximum Gasteiger partial charge on any atom is 0.191 e. The van der Waals surface area contributed by atoms with Gasteiger partial charge in [0, 0.05) is 18.2 Å². The lowest BCUT2D eigenvalue weighted by Crippen LogP contribution is -2.49. The number of benzene rings is 2. The average Bonchev–Trinajstić information content (AvgIpc) is 3.04. The number of Topliss-reactive ketones (excluding diaryl/α,β-unsaturated/α-hetero) is 1. The minimum atomic E-state index is -0.634. The van der Waals surface area contributed by atoms with Crippen molar-refractivity contribution in [3.63, 3.8) is 0 Å². The third-order valence-electron chi connectivity index (χ3n) is 4.31. The average molecular weight is 262 g/mol. The van der Waals surface area contributed by atoms with E-state index in [1.54, 1.807) is 0 Å². The van der Waals surface area contributed by atoms with Gasteiger partial charge in [0.1, 0.15) is 5.54 Å². The zero-order chi connectivity index (χ0) is 13.6. The van der Waals surface area contributed by atoms with Gasteiger partial charge in [0.25, 0.3) is 0 Å². The van der Waals surface area contributed by atoms with Crippen LogP contribution < -0.4 is 5.43 Å². The summed E-state index contributed by atoms with van der Waals surface area (Å²) in [6.45, 7) is 0. The van der Waals surface area contributed by atoms with Gasteiger partial charge in [-0.25, -0.2) is 0 Å². The van der Waals surface area contributed by atoms with Crippen LogP contribution in [0.3, 0.4) is 0 Å². The highest BCUT2D eigenvalue weighted by atomic mass is 16.1. The Bertz CT molecular complexity index is 708. The van der Waals surface area contributed by atoms with E-state index in [1.165, 1.54) is 0 Å². The minimum absolute atomic E-state index is 0.0106. The number of nitrogens with zero attached hydrogens (tertiary/aromatic N) is 1. The molecule has 1 heterocycles. The molecule has 2 atom stereocenters. The van der Waals surface area contributed by atoms with E-state index in [4.69, 9.17) is 0 Å². The van der Waals surface area contributed by atoms with Gasteiger partial charge >= 0.3 is 0 Å². The van der Waals surface area contributed by atoms with Crippen molar-refractivity contribution < 1.29 is 4.79 Å². The quantitative estimate of drug-likeness (QED) is 0.858. The standard InChI is InChI=1S/C17H14N2O/c20-16-14-9-5-4-8-13(14)10-17(16)15(11-18-19-17)12-6-2-1-3-7-12/h1-9,11,15,19H,10H2. The molecule has 3 nitrogen and oxygen atoms in total. The van der Waals surface area contributed by atoms with Gasteiger partial charge in [0.15, 0.2) is 5.78 Å². The lowest BCUT2D eigenvalue weighted by atomic mass is 9.78. The minimum Gasteiger partial charge on any atom is -0.295 e. The molecule has 0 saturated heterocycles. The van der Waals surface area contributed by atoms with Crippen LogP contribution in [-0.4, -0.2) is 17.5 Å². The molecule has 0 aromatic heterocycles. The van der Waals surface area contributed by atoms with E-state index >= 15 is 0 Å². The number of carbonyl (C=O) groups excluding carboxylic acids is 1. The van der Waals surface area contributed by atoms with E-state index in [0.717, 1.165) is 16.7 Å². The molecular weight excluding hydrogens is 248 g/mol. The molecule has 1 N–H and O–H groups in total. The molecule has 0 saturated carbocycles. The second-order valence-electron chi connectivity index (χ2n) is 5.41. The highest BCUT2D eigenvalue weighted by Gasteiger charge is 2.53. The second-order valence-corrected chi connectivity index (χ2v) is 5.41. The predicted molar refractivity (Wildman–Crippen MR) is 78.0 cm³/mol. The van der Waals surface area contributed by atoms with E-state index in [0.29, 0.717) is 6.42 Å². The van der Waals surface area contributed by atoms with Crippen LogP contribution in [0.2, 0.25) is 0 Å². The number of carbonyl (C=O) groups is 1. The Kier molecular flexibility index (Phi) is 2.30. The topological polar surface area (TPSA) is 41.5 Å². The molecule has 98 valence electrons. The molecule has 2 aromatic rings. The summed E-state index contributed by atoms with van der Waals surface area (Å²) in [5.74, 6) is 0.142. The van der Waals surface area contributed by atoms with Crippen LogP contribution in [0.1, 0.15) is 27.4 Å². The number of hydrogen-bond donors (Lipinski definition) is 1. The SMILES string of the molecule is O=C1c2ccccc2CC12NN=CC2c1ccccc1. The summed E-state index contributed by atoms with van der Waals surface area (Å²) in [6.07, 6.45) is 2.56. The van der Waals surface area contributed by atoms with Gasteiger partial charge in [0.2, 0.25) is 0 Å². The summed E-state index contributed by atoms with van der Waals surface area (Å²) >= 11 is 0. The summed E-state index contributed by atoms with van der Waals surface area (Å²) in [6, 6.07) is 18.0. The largest absolute Gasteiger partial charge is 0.295 e. The molecule has 0 radical (unpaired) electrons. The Morgan fingerprint density at radius 3 is 2.60 bits per heavy atom. The molecule has 2 unspecified atom stereocenters. The van der Waals surface area contributed by atoms with Crippen LogP contribution in [-0.2, 0) is 6.42 Å². The molecule has 1 aliphatic heterocycles. The van der Waals surface area contributed by atoms with Crippen molar-refractivity contribution in [2.75, 3.05) is 0 Å². The number of hydrogen-bond acceptors (Lipinski definition) is 3. The Hall–Kier alpha value is -2.42. The van der Waals surface area contributed by atoms with Crippen molar-refractivity contribution in [2.45, 2.75) is 17.9 Å². The van der Waals surface area contributed by atoms with Gasteiger partial charge in [-0.2, -0.15) is 5.10 Å². The molecule has 2 aliphatic rings. The molecule has 20 heavy (non-hydrogen) atoms. The van der Waals surface area contributed by atoms with E-state index in [1.807, 2.05) is 48.7 Å². The number of fused-ring (bicyclic) bond motifs is 1. The fourth-order valence-corrected chi connectivity index (χ4v) is 3.31. The Labute approximate surface area is 117 Å². The molecule has 0 bridgehead atoms. The third-order valence-corrected chi connectivity index (χ3v) is 4.31. The van der Waals surface area contributed by atoms with E-state index in [2.05, 4.69) is 22.7 Å². The summed E-state index contributed by atoms with van der Waals surface area (Å²) in [5, 5.41) is 4.21. The van der Waals surface area contributed by atoms with Gasteiger partial charge in [-0.15, -0.1) is 0 Å². The Morgan fingerprint density at radius 2 is 1.80 bits per heavy atom. The number of rotatable bonds is 1. The number of hydrazone groups is 1. The Balaban J connectivity index is 1.81. The molecule has 3 heteroatoms. The summed E-state index contributed by atoms with van der Waals surface area (Å²) in [7, 11) is 0. The van der Waals surface area contributed by atoms with Crippen molar-refractivity contribution in [1.29, 1.82) is 0 Å². The van der Waals surface area contributed by atoms with Gasteiger partial charge in [0.05, 0.1) is 5.92 Å².